The number of imide groups is 1. The van der Waals surface area contributed by atoms with Crippen LogP contribution < -0.4 is 5.32 Å². The molecule has 4 rings (SSSR count). The van der Waals surface area contributed by atoms with Crippen LogP contribution in [0.15, 0.2) is 18.2 Å². The number of carbonyl (C=O) groups excluding carboxylic acids is 4. The number of rotatable bonds is 21. The number of hydrogen-bond donors (Lipinski definition) is 2. The topological polar surface area (TPSA) is 137 Å². The van der Waals surface area contributed by atoms with Crippen LogP contribution in [-0.4, -0.2) is 138 Å². The van der Waals surface area contributed by atoms with E-state index in [4.69, 9.17) is 14.2 Å². The van der Waals surface area contributed by atoms with E-state index in [2.05, 4.69) is 54.7 Å². The van der Waals surface area contributed by atoms with Crippen LogP contribution in [0.25, 0.3) is 11.6 Å². The highest BCUT2D eigenvalue weighted by molar-refractivity contribution is 6.35. The summed E-state index contributed by atoms with van der Waals surface area (Å²) in [5.41, 5.74) is 2.34. The number of hydrogen-bond acceptors (Lipinski definition) is 9. The van der Waals surface area contributed by atoms with Gasteiger partial charge in [-0.05, 0) is 109 Å². The van der Waals surface area contributed by atoms with Gasteiger partial charge in [-0.2, -0.15) is 0 Å². The van der Waals surface area contributed by atoms with Gasteiger partial charge in [0.1, 0.15) is 12.4 Å². The van der Waals surface area contributed by atoms with Crippen molar-refractivity contribution in [2.75, 3.05) is 84.0 Å². The molecule has 0 atom stereocenters. The van der Waals surface area contributed by atoms with Crippen LogP contribution in [0.1, 0.15) is 121 Å². The number of fused-ring (bicyclic) bond motifs is 1. The first kappa shape index (κ1) is 48.6. The van der Waals surface area contributed by atoms with Gasteiger partial charge in [-0.15, -0.1) is 0 Å². The minimum absolute atomic E-state index is 0.0468. The molecule has 1 aromatic carbocycles. The molecule has 2 aliphatic rings. The number of benzene rings is 1. The van der Waals surface area contributed by atoms with Gasteiger partial charge in [-0.3, -0.25) is 19.3 Å². The van der Waals surface area contributed by atoms with E-state index in [9.17, 15) is 23.6 Å². The maximum absolute atomic E-state index is 14.2. The highest BCUT2D eigenvalue weighted by Gasteiger charge is 2.33. The van der Waals surface area contributed by atoms with Gasteiger partial charge in [-0.1, -0.05) is 34.6 Å². The molecule has 4 amide bonds. The van der Waals surface area contributed by atoms with Crippen LogP contribution in [0.3, 0.4) is 0 Å². The fourth-order valence-corrected chi connectivity index (χ4v) is 7.44. The van der Waals surface area contributed by atoms with E-state index in [1.807, 2.05) is 32.6 Å². The van der Waals surface area contributed by atoms with Gasteiger partial charge >= 0.3 is 6.09 Å². The zero-order chi connectivity index (χ0) is 44.4. The molecule has 1 fully saturated rings. The number of halogens is 1. The smallest absolute Gasteiger partial charge is 0.416 e. The molecular weight excluding hydrogens is 768 g/mol. The third-order valence-electron chi connectivity index (χ3n) is 12.4. The predicted octanol–water partition coefficient (Wildman–Crippen LogP) is 7.53. The summed E-state index contributed by atoms with van der Waals surface area (Å²) in [7, 11) is 0. The number of piperazine rings is 1. The average molecular weight is 839 g/mol. The second-order valence-corrected chi connectivity index (χ2v) is 17.8. The number of carbonyl (C=O) groups is 4. The Hall–Kier alpha value is -4.11. The number of amides is 4. The van der Waals surface area contributed by atoms with Gasteiger partial charge in [0.25, 0.3) is 11.8 Å². The van der Waals surface area contributed by atoms with Crippen molar-refractivity contribution in [3.05, 3.63) is 52.1 Å². The summed E-state index contributed by atoms with van der Waals surface area (Å²) >= 11 is 0. The van der Waals surface area contributed by atoms with Crippen molar-refractivity contribution in [1.82, 2.24) is 24.6 Å². The number of aromatic nitrogens is 1. The molecular formula is C46H71FN6O7. The van der Waals surface area contributed by atoms with Gasteiger partial charge in [0.2, 0.25) is 5.91 Å². The Bertz CT molecular complexity index is 1840. The highest BCUT2D eigenvalue weighted by atomic mass is 19.1. The summed E-state index contributed by atoms with van der Waals surface area (Å²) < 4.78 is 32.4. The molecule has 0 radical (unpaired) electrons. The minimum Gasteiger partial charge on any atom is -0.448 e. The van der Waals surface area contributed by atoms with Crippen molar-refractivity contribution in [3.63, 3.8) is 0 Å². The molecule has 0 aliphatic carbocycles. The van der Waals surface area contributed by atoms with Crippen molar-refractivity contribution < 1.29 is 37.8 Å². The lowest BCUT2D eigenvalue weighted by atomic mass is 9.85. The molecule has 13 nitrogen and oxygen atoms in total. The van der Waals surface area contributed by atoms with Crippen LogP contribution in [0.2, 0.25) is 0 Å². The molecule has 0 bridgehead atoms. The van der Waals surface area contributed by atoms with E-state index in [1.54, 1.807) is 19.9 Å². The predicted molar refractivity (Wildman–Crippen MR) is 234 cm³/mol. The van der Waals surface area contributed by atoms with Gasteiger partial charge < -0.3 is 34.3 Å². The molecule has 1 aromatic heterocycles. The molecule has 3 heterocycles. The van der Waals surface area contributed by atoms with Crippen LogP contribution >= 0.6 is 0 Å². The lowest BCUT2D eigenvalue weighted by molar-refractivity contribution is -0.141. The van der Waals surface area contributed by atoms with Crippen molar-refractivity contribution in [3.8, 4) is 0 Å². The summed E-state index contributed by atoms with van der Waals surface area (Å²) in [5, 5.41) is 2.75. The second kappa shape index (κ2) is 21.1. The summed E-state index contributed by atoms with van der Waals surface area (Å²) in [6.45, 7) is 28.5. The average Bonchev–Trinajstić information content (AvgIpc) is 3.67. The van der Waals surface area contributed by atoms with Crippen molar-refractivity contribution in [2.45, 2.75) is 113 Å². The Morgan fingerprint density at radius 1 is 0.900 bits per heavy atom. The Morgan fingerprint density at radius 2 is 1.57 bits per heavy atom. The first-order chi connectivity index (χ1) is 28.3. The van der Waals surface area contributed by atoms with Gasteiger partial charge in [0.05, 0.1) is 42.0 Å². The van der Waals surface area contributed by atoms with E-state index < -0.39 is 23.4 Å². The number of aromatic amines is 1. The largest absolute Gasteiger partial charge is 0.448 e. The molecule has 0 spiro atoms. The number of aryl methyl sites for hydroxylation is 1. The molecule has 60 heavy (non-hydrogen) atoms. The molecule has 1 saturated heterocycles. The fraction of sp³-hybridized carbons (Fsp3) is 0.652. The van der Waals surface area contributed by atoms with Gasteiger partial charge in [0, 0.05) is 68.5 Å². The summed E-state index contributed by atoms with van der Waals surface area (Å²) in [4.78, 5) is 64.5. The zero-order valence-corrected chi connectivity index (χ0v) is 38.1. The first-order valence-corrected chi connectivity index (χ1v) is 21.8. The van der Waals surface area contributed by atoms with E-state index in [0.717, 1.165) is 37.3 Å². The first-order valence-electron chi connectivity index (χ1n) is 21.8. The molecule has 14 heteroatoms. The van der Waals surface area contributed by atoms with E-state index >= 15 is 0 Å². The number of H-pyrrole nitrogens is 1. The maximum Gasteiger partial charge on any atom is 0.416 e. The maximum atomic E-state index is 14.2. The lowest BCUT2D eigenvalue weighted by Crippen LogP contribution is -2.51. The normalized spacial score (nSPS) is 15.8. The van der Waals surface area contributed by atoms with Crippen molar-refractivity contribution in [2.24, 2.45) is 5.41 Å². The summed E-state index contributed by atoms with van der Waals surface area (Å²) in [6, 6.07) is 4.10. The van der Waals surface area contributed by atoms with E-state index in [1.165, 1.54) is 18.2 Å². The quantitative estimate of drug-likeness (QED) is 0.122. The van der Waals surface area contributed by atoms with Gasteiger partial charge in [-0.25, -0.2) is 14.1 Å². The molecule has 2 N–H and O–H groups in total. The SMILES string of the molecule is CCN(CC)CCN(C(=O)OCCN1CCN(C(=O)CC(C)(C)OCCC(C)(C)OCC(C)(CC)CC)CC1)C(=O)c1c(C)[nH]c(C=C2C(=O)Nc3ccc(F)cc32)c1C. The number of ether oxygens (including phenoxy) is 3. The lowest BCUT2D eigenvalue weighted by Gasteiger charge is -2.37. The fourth-order valence-electron chi connectivity index (χ4n) is 7.44. The number of nitrogens with one attached hydrogen (secondary N) is 2. The van der Waals surface area contributed by atoms with E-state index in [-0.39, 0.29) is 48.0 Å². The van der Waals surface area contributed by atoms with Gasteiger partial charge in [0.15, 0.2) is 0 Å². The van der Waals surface area contributed by atoms with Crippen LogP contribution in [-0.2, 0) is 23.8 Å². The Labute approximate surface area is 357 Å². The Balaban J connectivity index is 1.30. The van der Waals surface area contributed by atoms with Crippen molar-refractivity contribution >= 4 is 41.2 Å². The highest BCUT2D eigenvalue weighted by Crippen LogP contribution is 2.35. The van der Waals surface area contributed by atoms with Crippen LogP contribution in [0.5, 0.6) is 0 Å². The molecule has 334 valence electrons. The number of anilines is 1. The molecule has 0 unspecified atom stereocenters. The van der Waals surface area contributed by atoms with Crippen LogP contribution in [0, 0.1) is 25.1 Å². The zero-order valence-electron chi connectivity index (χ0n) is 38.1. The Morgan fingerprint density at radius 3 is 2.20 bits per heavy atom. The third kappa shape index (κ3) is 13.0. The summed E-state index contributed by atoms with van der Waals surface area (Å²) in [5.74, 6) is -1.30. The molecule has 2 aliphatic heterocycles. The molecule has 0 saturated carbocycles. The summed E-state index contributed by atoms with van der Waals surface area (Å²) in [6.07, 6.45) is 4.00. The number of nitrogens with zero attached hydrogens (tertiary/aromatic N) is 4. The van der Waals surface area contributed by atoms with Crippen LogP contribution in [0.4, 0.5) is 14.9 Å². The standard InChI is InChI=1S/C46H71FN6O7/c1-12-46(11,13-2)31-60-44(7,8)18-26-59-45(9,10)30-39(54)52-22-19-51(20-23-52)25-27-58-43(57)53(24-21-50(14-3)15-4)42(56)40-32(5)38(48-33(40)6)29-36-35-28-34(47)16-17-37(35)49-41(36)55/h16-17,28-29,48H,12-15,18-27,30-31H2,1-11H3,(H,49,55). The minimum atomic E-state index is -0.738. The number of likely N-dealkylation sites (N-methyl/N-ethyl adjacent to an activating group) is 1. The monoisotopic (exact) mass is 839 g/mol. The second-order valence-electron chi connectivity index (χ2n) is 17.8. The van der Waals surface area contributed by atoms with Crippen molar-refractivity contribution in [1.29, 1.82) is 0 Å². The third-order valence-corrected chi connectivity index (χ3v) is 12.4. The van der Waals surface area contributed by atoms with E-state index in [0.29, 0.717) is 86.2 Å². The Kier molecular flexibility index (Phi) is 17.1. The molecule has 2 aromatic rings.